The fourth-order valence-corrected chi connectivity index (χ4v) is 4.34. The van der Waals surface area contributed by atoms with E-state index in [1.165, 1.54) is 11.0 Å². The molecule has 38 heavy (non-hydrogen) atoms. The maximum atomic E-state index is 13.4. The molecule has 0 bridgehead atoms. The number of aldehydes is 1. The molecule has 3 heterocycles. The number of carbonyl (C=O) groups is 2. The highest BCUT2D eigenvalue weighted by atomic mass is 19.3. The van der Waals surface area contributed by atoms with Crippen LogP contribution < -0.4 is 15.5 Å². The minimum atomic E-state index is -2.84. The highest BCUT2D eigenvalue weighted by Crippen LogP contribution is 2.31. The molecule has 9 nitrogen and oxygen atoms in total. The molecule has 11 heteroatoms. The SMILES string of the molecule is CC/C=C/C(C#N)=C(\C=C(/C)NC(=O)N1CCCc2cc(C(F)F)c(C=O)nc21)NCC1CN(C)CCO1. The zero-order valence-corrected chi connectivity index (χ0v) is 22.0. The number of fused-ring (bicyclic) bond motifs is 1. The molecule has 1 aromatic heterocycles. The van der Waals surface area contributed by atoms with Crippen LogP contribution in [0.5, 0.6) is 0 Å². The van der Waals surface area contributed by atoms with Crippen LogP contribution in [-0.4, -0.2) is 68.1 Å². The molecule has 2 N–H and O–H groups in total. The number of hydrogen-bond donors (Lipinski definition) is 2. The van der Waals surface area contributed by atoms with Crippen LogP contribution in [0.25, 0.3) is 0 Å². The van der Waals surface area contributed by atoms with Crippen molar-refractivity contribution in [3.05, 3.63) is 58.1 Å². The predicted octanol–water partition coefficient (Wildman–Crippen LogP) is 3.86. The number of aromatic nitrogens is 1. The van der Waals surface area contributed by atoms with Gasteiger partial charge in [-0.2, -0.15) is 5.26 Å². The zero-order chi connectivity index (χ0) is 27.7. The maximum Gasteiger partial charge on any atom is 0.327 e. The van der Waals surface area contributed by atoms with E-state index in [1.54, 1.807) is 19.1 Å². The van der Waals surface area contributed by atoms with Gasteiger partial charge in [0.05, 0.1) is 24.0 Å². The lowest BCUT2D eigenvalue weighted by molar-refractivity contribution is -0.0168. The highest BCUT2D eigenvalue weighted by molar-refractivity contribution is 5.94. The van der Waals surface area contributed by atoms with E-state index in [0.29, 0.717) is 55.1 Å². The van der Waals surface area contributed by atoms with Crippen molar-refractivity contribution >= 4 is 18.1 Å². The van der Waals surface area contributed by atoms with Crippen molar-refractivity contribution in [2.75, 3.05) is 44.7 Å². The minimum Gasteiger partial charge on any atom is -0.381 e. The van der Waals surface area contributed by atoms with Crippen molar-refractivity contribution in [2.24, 2.45) is 0 Å². The third kappa shape index (κ3) is 7.46. The zero-order valence-electron chi connectivity index (χ0n) is 22.0. The predicted molar refractivity (Wildman–Crippen MR) is 140 cm³/mol. The van der Waals surface area contributed by atoms with Crippen molar-refractivity contribution in [3.8, 4) is 6.07 Å². The number of alkyl halides is 2. The number of rotatable bonds is 9. The van der Waals surface area contributed by atoms with Crippen LogP contribution in [0.3, 0.4) is 0 Å². The second-order valence-electron chi connectivity index (χ2n) is 9.26. The number of carbonyl (C=O) groups excluding carboxylic acids is 2. The fourth-order valence-electron chi connectivity index (χ4n) is 4.34. The smallest absolute Gasteiger partial charge is 0.327 e. The number of anilines is 1. The van der Waals surface area contributed by atoms with Gasteiger partial charge >= 0.3 is 6.03 Å². The van der Waals surface area contributed by atoms with Crippen molar-refractivity contribution in [1.82, 2.24) is 20.5 Å². The lowest BCUT2D eigenvalue weighted by Crippen LogP contribution is -2.45. The molecular weight excluding hydrogens is 494 g/mol. The fraction of sp³-hybridized carbons (Fsp3) is 0.481. The first-order chi connectivity index (χ1) is 18.3. The van der Waals surface area contributed by atoms with Crippen molar-refractivity contribution in [3.63, 3.8) is 0 Å². The number of nitriles is 1. The molecule has 1 unspecified atom stereocenters. The summed E-state index contributed by atoms with van der Waals surface area (Å²) < 4.78 is 32.5. The summed E-state index contributed by atoms with van der Waals surface area (Å²) in [7, 11) is 2.02. The average Bonchev–Trinajstić information content (AvgIpc) is 2.90. The van der Waals surface area contributed by atoms with Crippen LogP contribution in [0.15, 0.2) is 41.3 Å². The molecule has 1 fully saturated rings. The van der Waals surface area contributed by atoms with E-state index in [2.05, 4.69) is 26.6 Å². The Kier molecular flexibility index (Phi) is 10.5. The molecule has 0 aromatic carbocycles. The average molecular weight is 529 g/mol. The summed E-state index contributed by atoms with van der Waals surface area (Å²) >= 11 is 0. The van der Waals surface area contributed by atoms with E-state index in [0.717, 1.165) is 19.5 Å². The Morgan fingerprint density at radius 2 is 2.18 bits per heavy atom. The Morgan fingerprint density at radius 1 is 1.39 bits per heavy atom. The third-order valence-corrected chi connectivity index (χ3v) is 6.27. The van der Waals surface area contributed by atoms with E-state index in [4.69, 9.17) is 4.74 Å². The molecule has 3 rings (SSSR count). The van der Waals surface area contributed by atoms with E-state index in [1.807, 2.05) is 20.0 Å². The number of halogens is 2. The van der Waals surface area contributed by atoms with Gasteiger partial charge in [-0.15, -0.1) is 0 Å². The summed E-state index contributed by atoms with van der Waals surface area (Å²) in [5, 5.41) is 15.9. The van der Waals surface area contributed by atoms with Gasteiger partial charge in [-0.05, 0) is 57.0 Å². The maximum absolute atomic E-state index is 13.4. The molecule has 1 aromatic rings. The number of amides is 2. The Bertz CT molecular complexity index is 1160. The Balaban J connectivity index is 1.82. The van der Waals surface area contributed by atoms with E-state index in [9.17, 15) is 23.6 Å². The van der Waals surface area contributed by atoms with Crippen LogP contribution in [-0.2, 0) is 11.2 Å². The van der Waals surface area contributed by atoms with Gasteiger partial charge in [0.1, 0.15) is 17.6 Å². The third-order valence-electron chi connectivity index (χ3n) is 6.27. The van der Waals surface area contributed by atoms with Gasteiger partial charge in [0.25, 0.3) is 6.43 Å². The lowest BCUT2D eigenvalue weighted by Gasteiger charge is -2.30. The monoisotopic (exact) mass is 528 g/mol. The number of hydrogen-bond acceptors (Lipinski definition) is 7. The van der Waals surface area contributed by atoms with Gasteiger partial charge in [-0.25, -0.2) is 18.6 Å². The summed E-state index contributed by atoms with van der Waals surface area (Å²) in [4.78, 5) is 32.2. The van der Waals surface area contributed by atoms with Gasteiger partial charge in [0.15, 0.2) is 6.29 Å². The highest BCUT2D eigenvalue weighted by Gasteiger charge is 2.27. The molecular formula is C27H34F2N6O3. The Labute approximate surface area is 221 Å². The number of ether oxygens (including phenoxy) is 1. The van der Waals surface area contributed by atoms with Gasteiger partial charge in [0, 0.05) is 37.4 Å². The molecule has 1 atom stereocenters. The molecule has 0 saturated carbocycles. The number of pyridine rings is 1. The van der Waals surface area contributed by atoms with Crippen molar-refractivity contribution in [2.45, 2.75) is 45.6 Å². The van der Waals surface area contributed by atoms with Gasteiger partial charge in [-0.1, -0.05) is 13.0 Å². The topological polar surface area (TPSA) is 111 Å². The van der Waals surface area contributed by atoms with Crippen molar-refractivity contribution < 1.29 is 23.1 Å². The van der Waals surface area contributed by atoms with Crippen LogP contribution in [0, 0.1) is 11.3 Å². The molecule has 204 valence electrons. The summed E-state index contributed by atoms with van der Waals surface area (Å²) in [6, 6.07) is 2.95. The molecule has 0 aliphatic carbocycles. The minimum absolute atomic E-state index is 0.0526. The number of urea groups is 1. The van der Waals surface area contributed by atoms with Crippen molar-refractivity contribution in [1.29, 1.82) is 5.26 Å². The van der Waals surface area contributed by atoms with Gasteiger partial charge in [0.2, 0.25) is 0 Å². The van der Waals surface area contributed by atoms with Gasteiger partial charge < -0.3 is 20.3 Å². The first-order valence-corrected chi connectivity index (χ1v) is 12.7. The van der Waals surface area contributed by atoms with E-state index in [-0.39, 0.29) is 23.9 Å². The molecule has 2 aliphatic rings. The largest absolute Gasteiger partial charge is 0.381 e. The second-order valence-corrected chi connectivity index (χ2v) is 9.26. The van der Waals surface area contributed by atoms with Crippen LogP contribution in [0.4, 0.5) is 19.4 Å². The number of nitrogens with zero attached hydrogens (tertiary/aromatic N) is 4. The number of allylic oxidation sites excluding steroid dienone is 5. The molecule has 1 saturated heterocycles. The summed E-state index contributed by atoms with van der Waals surface area (Å²) in [5.74, 6) is 0.198. The Morgan fingerprint density at radius 3 is 2.84 bits per heavy atom. The summed E-state index contributed by atoms with van der Waals surface area (Å²) in [6.07, 6.45) is 4.47. The Hall–Kier alpha value is -3.62. The lowest BCUT2D eigenvalue weighted by atomic mass is 10.0. The number of likely N-dealkylation sites (N-methyl/N-ethyl adjacent to an activating group) is 1. The first kappa shape index (κ1) is 28.9. The molecule has 2 aliphatic heterocycles. The first-order valence-electron chi connectivity index (χ1n) is 12.7. The molecule has 2 amide bonds. The van der Waals surface area contributed by atoms with E-state index < -0.39 is 18.0 Å². The molecule has 0 radical (unpaired) electrons. The molecule has 0 spiro atoms. The van der Waals surface area contributed by atoms with E-state index >= 15 is 0 Å². The summed E-state index contributed by atoms with van der Waals surface area (Å²) in [5.41, 5.74) is 1.08. The number of nitrogens with one attached hydrogen (secondary N) is 2. The number of aryl methyl sites for hydroxylation is 1. The quantitative estimate of drug-likeness (QED) is 0.284. The summed E-state index contributed by atoms with van der Waals surface area (Å²) in [6.45, 7) is 6.70. The standard InChI is InChI=1S/C27H34F2N6O3/c1-4-5-7-20(14-30)23(31-15-21-16-34(3)10-11-38-21)12-18(2)32-27(37)35-9-6-8-19-13-22(25(28)29)24(17-36)33-26(19)35/h5,7,12-13,17,21,25,31H,4,6,8-11,15-16H2,1-3H3,(H,32,37)/b7-5+,18-12+,23-20-. The van der Waals surface area contributed by atoms with Crippen LogP contribution >= 0.6 is 0 Å². The second kappa shape index (κ2) is 13.8. The van der Waals surface area contributed by atoms with Gasteiger partial charge in [-0.3, -0.25) is 9.69 Å². The normalized spacial score (nSPS) is 19.1. The van der Waals surface area contributed by atoms with Crippen LogP contribution in [0.2, 0.25) is 0 Å². The number of morpholine rings is 1. The van der Waals surface area contributed by atoms with Crippen LogP contribution in [0.1, 0.15) is 54.7 Å².